The number of hydrogen-bond acceptors (Lipinski definition) is 3. The van der Waals surface area contributed by atoms with Crippen molar-refractivity contribution in [2.45, 2.75) is 0 Å². The number of benzene rings is 3. The Kier molecular flexibility index (Phi) is 4.55. The summed E-state index contributed by atoms with van der Waals surface area (Å²) in [7, 11) is 0. The Bertz CT molecular complexity index is 744. The minimum atomic E-state index is 0.360. The van der Waals surface area contributed by atoms with E-state index in [2.05, 4.69) is 10.2 Å². The SMILES string of the molecule is N=N/C(=N/N(c1ccccc1)c1ccccc1)c1ccccc1. The summed E-state index contributed by atoms with van der Waals surface area (Å²) in [5, 5.41) is 10.0. The second-order valence-electron chi connectivity index (χ2n) is 4.88. The Hall–Kier alpha value is -3.27. The van der Waals surface area contributed by atoms with Crippen LogP contribution in [-0.4, -0.2) is 5.84 Å². The fraction of sp³-hybridized carbons (Fsp3) is 0. The Morgan fingerprint density at radius 2 is 1.09 bits per heavy atom. The van der Waals surface area contributed by atoms with Crippen LogP contribution in [0.15, 0.2) is 101 Å². The van der Waals surface area contributed by atoms with Gasteiger partial charge in [0.15, 0.2) is 0 Å². The fourth-order valence-corrected chi connectivity index (χ4v) is 2.23. The third-order valence-electron chi connectivity index (χ3n) is 3.33. The van der Waals surface area contributed by atoms with Crippen molar-refractivity contribution in [3.05, 3.63) is 96.6 Å². The van der Waals surface area contributed by atoms with E-state index in [0.29, 0.717) is 5.84 Å². The van der Waals surface area contributed by atoms with Crippen LogP contribution >= 0.6 is 0 Å². The Morgan fingerprint density at radius 3 is 1.52 bits per heavy atom. The molecule has 3 aromatic carbocycles. The van der Waals surface area contributed by atoms with E-state index in [0.717, 1.165) is 16.9 Å². The van der Waals surface area contributed by atoms with Gasteiger partial charge in [-0.25, -0.2) is 10.5 Å². The van der Waals surface area contributed by atoms with Crippen LogP contribution in [0.1, 0.15) is 5.56 Å². The van der Waals surface area contributed by atoms with Gasteiger partial charge in [-0.1, -0.05) is 66.7 Å². The average molecular weight is 300 g/mol. The fourth-order valence-electron chi connectivity index (χ4n) is 2.23. The predicted octanol–water partition coefficient (Wildman–Crippen LogP) is 5.22. The van der Waals surface area contributed by atoms with E-state index in [4.69, 9.17) is 5.53 Å². The molecule has 3 aromatic rings. The highest BCUT2D eigenvalue weighted by atomic mass is 15.5. The van der Waals surface area contributed by atoms with Crippen LogP contribution in [-0.2, 0) is 0 Å². The standard InChI is InChI=1S/C19H16N4/c20-21-19(16-10-4-1-5-11-16)22-23(17-12-6-2-7-13-17)18-14-8-3-9-15-18/h1-15,20H/b21-20?,22-19+. The molecule has 0 aromatic heterocycles. The molecule has 0 saturated carbocycles. The molecule has 0 amide bonds. The van der Waals surface area contributed by atoms with Gasteiger partial charge in [-0.3, -0.25) is 0 Å². The first-order valence-electron chi connectivity index (χ1n) is 7.30. The molecule has 112 valence electrons. The summed E-state index contributed by atoms with van der Waals surface area (Å²) in [6, 6.07) is 29.2. The van der Waals surface area contributed by atoms with E-state index in [1.54, 1.807) is 5.01 Å². The van der Waals surface area contributed by atoms with Crippen LogP contribution in [0.25, 0.3) is 0 Å². The lowest BCUT2D eigenvalue weighted by Crippen LogP contribution is -2.12. The molecule has 0 aliphatic heterocycles. The molecule has 3 rings (SSSR count). The molecule has 0 bridgehead atoms. The van der Waals surface area contributed by atoms with E-state index in [9.17, 15) is 0 Å². The number of nitrogens with one attached hydrogen (secondary N) is 1. The molecule has 0 atom stereocenters. The maximum Gasteiger partial charge on any atom is 0.201 e. The van der Waals surface area contributed by atoms with Crippen molar-refractivity contribution in [2.24, 2.45) is 10.2 Å². The van der Waals surface area contributed by atoms with Gasteiger partial charge in [0.05, 0.1) is 11.4 Å². The number of anilines is 2. The number of para-hydroxylation sites is 2. The highest BCUT2D eigenvalue weighted by Crippen LogP contribution is 2.26. The maximum atomic E-state index is 7.48. The molecule has 0 spiro atoms. The van der Waals surface area contributed by atoms with Gasteiger partial charge in [-0.2, -0.15) is 0 Å². The third kappa shape index (κ3) is 3.49. The van der Waals surface area contributed by atoms with Crippen LogP contribution in [0.4, 0.5) is 11.4 Å². The average Bonchev–Trinajstić information content (AvgIpc) is 2.65. The van der Waals surface area contributed by atoms with Gasteiger partial charge in [0.25, 0.3) is 0 Å². The molecule has 0 fully saturated rings. The highest BCUT2D eigenvalue weighted by Gasteiger charge is 2.10. The number of hydrazone groups is 1. The highest BCUT2D eigenvalue weighted by molar-refractivity contribution is 5.99. The molecule has 0 radical (unpaired) electrons. The summed E-state index contributed by atoms with van der Waals surface area (Å²) in [4.78, 5) is 0. The molecule has 4 nitrogen and oxygen atoms in total. The molecule has 4 heteroatoms. The second kappa shape index (κ2) is 7.13. The van der Waals surface area contributed by atoms with Gasteiger partial charge in [-0.15, -0.1) is 10.2 Å². The van der Waals surface area contributed by atoms with E-state index < -0.39 is 0 Å². The van der Waals surface area contributed by atoms with Crippen molar-refractivity contribution in [3.63, 3.8) is 0 Å². The van der Waals surface area contributed by atoms with Crippen molar-refractivity contribution in [1.82, 2.24) is 0 Å². The minimum absolute atomic E-state index is 0.360. The molecule has 0 heterocycles. The summed E-state index contributed by atoms with van der Waals surface area (Å²) in [5.41, 5.74) is 10.1. The second-order valence-corrected chi connectivity index (χ2v) is 4.88. The summed E-state index contributed by atoms with van der Waals surface area (Å²) in [6.07, 6.45) is 0. The lowest BCUT2D eigenvalue weighted by Gasteiger charge is -2.20. The molecular formula is C19H16N4. The summed E-state index contributed by atoms with van der Waals surface area (Å²) in [5.74, 6) is 0.360. The molecular weight excluding hydrogens is 284 g/mol. The number of amidine groups is 1. The molecule has 0 aliphatic carbocycles. The third-order valence-corrected chi connectivity index (χ3v) is 3.33. The van der Waals surface area contributed by atoms with Crippen molar-refractivity contribution in [1.29, 1.82) is 5.53 Å². The smallest absolute Gasteiger partial charge is 0.201 e. The Morgan fingerprint density at radius 1 is 0.652 bits per heavy atom. The lowest BCUT2D eigenvalue weighted by atomic mass is 10.2. The summed E-state index contributed by atoms with van der Waals surface area (Å²) >= 11 is 0. The Balaban J connectivity index is 2.09. The van der Waals surface area contributed by atoms with E-state index in [1.807, 2.05) is 91.0 Å². The van der Waals surface area contributed by atoms with Crippen molar-refractivity contribution < 1.29 is 0 Å². The van der Waals surface area contributed by atoms with Crippen molar-refractivity contribution >= 4 is 17.2 Å². The Labute approximate surface area is 135 Å². The van der Waals surface area contributed by atoms with Gasteiger partial charge in [0, 0.05) is 5.56 Å². The first kappa shape index (κ1) is 14.7. The van der Waals surface area contributed by atoms with Crippen molar-refractivity contribution in [2.75, 3.05) is 5.01 Å². The molecule has 23 heavy (non-hydrogen) atoms. The predicted molar refractivity (Wildman–Crippen MR) is 93.1 cm³/mol. The van der Waals surface area contributed by atoms with Crippen LogP contribution in [0, 0.1) is 5.53 Å². The molecule has 0 aliphatic rings. The molecule has 0 unspecified atom stereocenters. The topological polar surface area (TPSA) is 51.8 Å². The normalized spacial score (nSPS) is 11.0. The van der Waals surface area contributed by atoms with Crippen LogP contribution in [0.3, 0.4) is 0 Å². The van der Waals surface area contributed by atoms with Crippen molar-refractivity contribution in [3.8, 4) is 0 Å². The summed E-state index contributed by atoms with van der Waals surface area (Å²) in [6.45, 7) is 0. The largest absolute Gasteiger partial charge is 0.232 e. The molecule has 0 saturated heterocycles. The van der Waals surface area contributed by atoms with Crippen LogP contribution < -0.4 is 5.01 Å². The zero-order chi connectivity index (χ0) is 15.9. The monoisotopic (exact) mass is 300 g/mol. The first-order chi connectivity index (χ1) is 11.4. The van der Waals surface area contributed by atoms with E-state index in [-0.39, 0.29) is 0 Å². The van der Waals surface area contributed by atoms with Gasteiger partial charge < -0.3 is 0 Å². The van der Waals surface area contributed by atoms with E-state index in [1.165, 1.54) is 0 Å². The zero-order valence-corrected chi connectivity index (χ0v) is 12.5. The zero-order valence-electron chi connectivity index (χ0n) is 12.5. The maximum absolute atomic E-state index is 7.48. The number of rotatable bonds is 4. The van der Waals surface area contributed by atoms with Crippen LogP contribution in [0.5, 0.6) is 0 Å². The van der Waals surface area contributed by atoms with Gasteiger partial charge >= 0.3 is 0 Å². The van der Waals surface area contributed by atoms with E-state index >= 15 is 0 Å². The molecule has 1 N–H and O–H groups in total. The van der Waals surface area contributed by atoms with Gasteiger partial charge in [-0.05, 0) is 24.3 Å². The number of nitrogens with zero attached hydrogens (tertiary/aromatic N) is 3. The number of hydrogen-bond donors (Lipinski definition) is 1. The van der Waals surface area contributed by atoms with Gasteiger partial charge in [0.1, 0.15) is 0 Å². The minimum Gasteiger partial charge on any atom is -0.232 e. The lowest BCUT2D eigenvalue weighted by molar-refractivity contribution is 1.05. The summed E-state index contributed by atoms with van der Waals surface area (Å²) < 4.78 is 0. The quantitative estimate of drug-likeness (QED) is 0.305. The van der Waals surface area contributed by atoms with Gasteiger partial charge in [0.2, 0.25) is 5.84 Å². The van der Waals surface area contributed by atoms with Crippen LogP contribution in [0.2, 0.25) is 0 Å². The first-order valence-corrected chi connectivity index (χ1v) is 7.30.